The molecular formula is C18H19F3N4O5. The third kappa shape index (κ3) is 4.95. The Balaban J connectivity index is 0.000000396. The van der Waals surface area contributed by atoms with E-state index in [2.05, 4.69) is 15.2 Å². The number of aromatic carboxylic acids is 1. The predicted octanol–water partition coefficient (Wildman–Crippen LogP) is 3.02. The van der Waals surface area contributed by atoms with Gasteiger partial charge in [0.05, 0.1) is 34.5 Å². The van der Waals surface area contributed by atoms with Gasteiger partial charge in [-0.05, 0) is 32.0 Å². The van der Waals surface area contributed by atoms with Gasteiger partial charge in [0.1, 0.15) is 5.82 Å². The number of fused-ring (bicyclic) bond motifs is 1. The number of aliphatic carboxylic acids is 1. The van der Waals surface area contributed by atoms with Crippen molar-refractivity contribution in [1.29, 1.82) is 0 Å². The molecule has 0 bridgehead atoms. The summed E-state index contributed by atoms with van der Waals surface area (Å²) in [6.45, 7) is 5.02. The van der Waals surface area contributed by atoms with Crippen LogP contribution in [0, 0.1) is 13.8 Å². The predicted molar refractivity (Wildman–Crippen MR) is 99.3 cm³/mol. The van der Waals surface area contributed by atoms with E-state index in [0.29, 0.717) is 18.7 Å². The lowest BCUT2D eigenvalue weighted by atomic mass is 10.2. The number of carboxylic acid groups (broad SMARTS) is 2. The van der Waals surface area contributed by atoms with Gasteiger partial charge < -0.3 is 19.5 Å². The highest BCUT2D eigenvalue weighted by Gasteiger charge is 2.38. The molecule has 2 aromatic heterocycles. The number of hydrogen-bond acceptors (Lipinski definition) is 5. The number of imidazole rings is 1. The zero-order chi connectivity index (χ0) is 22.6. The highest BCUT2D eigenvalue weighted by Crippen LogP contribution is 2.29. The summed E-state index contributed by atoms with van der Waals surface area (Å²) in [6, 6.07) is 4.97. The van der Waals surface area contributed by atoms with Crippen LogP contribution in [0.3, 0.4) is 0 Å². The van der Waals surface area contributed by atoms with Gasteiger partial charge in [0.25, 0.3) is 0 Å². The lowest BCUT2D eigenvalue weighted by molar-refractivity contribution is -0.192. The number of carboxylic acids is 2. The van der Waals surface area contributed by atoms with Gasteiger partial charge in [-0.3, -0.25) is 5.10 Å². The maximum atomic E-state index is 11.2. The number of carbonyl (C=O) groups is 2. The van der Waals surface area contributed by atoms with Crippen LogP contribution in [0.4, 0.5) is 13.2 Å². The fourth-order valence-electron chi connectivity index (χ4n) is 2.74. The van der Waals surface area contributed by atoms with Gasteiger partial charge in [-0.25, -0.2) is 14.6 Å². The first-order chi connectivity index (χ1) is 14.0. The molecule has 162 valence electrons. The summed E-state index contributed by atoms with van der Waals surface area (Å²) >= 11 is 0. The average molecular weight is 428 g/mol. The number of benzene rings is 1. The number of rotatable bonds is 5. The Kier molecular flexibility index (Phi) is 6.82. The van der Waals surface area contributed by atoms with Crippen molar-refractivity contribution in [3.63, 3.8) is 0 Å². The highest BCUT2D eigenvalue weighted by atomic mass is 19.4. The van der Waals surface area contributed by atoms with Crippen LogP contribution in [0.15, 0.2) is 18.2 Å². The molecule has 3 rings (SSSR count). The first-order valence-corrected chi connectivity index (χ1v) is 8.52. The summed E-state index contributed by atoms with van der Waals surface area (Å²) in [6.07, 6.45) is -5.08. The molecule has 0 amide bonds. The Bertz CT molecular complexity index is 1050. The van der Waals surface area contributed by atoms with Crippen molar-refractivity contribution in [2.24, 2.45) is 0 Å². The number of halogens is 3. The second-order valence-electron chi connectivity index (χ2n) is 6.20. The molecule has 0 aliphatic heterocycles. The number of methoxy groups -OCH3 is 1. The maximum Gasteiger partial charge on any atom is 0.490 e. The zero-order valence-electron chi connectivity index (χ0n) is 16.2. The number of hydrogen-bond donors (Lipinski definition) is 3. The van der Waals surface area contributed by atoms with Crippen molar-refractivity contribution in [2.45, 2.75) is 26.6 Å². The van der Waals surface area contributed by atoms with Gasteiger partial charge in [-0.2, -0.15) is 18.3 Å². The van der Waals surface area contributed by atoms with Crippen LogP contribution in [0.5, 0.6) is 0 Å². The summed E-state index contributed by atoms with van der Waals surface area (Å²) in [4.78, 5) is 24.7. The van der Waals surface area contributed by atoms with Crippen LogP contribution >= 0.6 is 0 Å². The maximum absolute atomic E-state index is 11.2. The number of aromatic amines is 1. The van der Waals surface area contributed by atoms with E-state index in [1.165, 1.54) is 0 Å². The molecule has 0 unspecified atom stereocenters. The number of aryl methyl sites for hydroxylation is 2. The second kappa shape index (κ2) is 8.95. The molecule has 1 aromatic carbocycles. The van der Waals surface area contributed by atoms with Gasteiger partial charge >= 0.3 is 18.1 Å². The zero-order valence-corrected chi connectivity index (χ0v) is 16.2. The minimum atomic E-state index is -5.08. The van der Waals surface area contributed by atoms with Crippen molar-refractivity contribution in [3.8, 4) is 11.4 Å². The molecule has 0 saturated heterocycles. The Morgan fingerprint density at radius 1 is 1.23 bits per heavy atom. The molecule has 0 fully saturated rings. The molecule has 0 spiro atoms. The van der Waals surface area contributed by atoms with Crippen LogP contribution in [0.1, 0.15) is 21.7 Å². The molecule has 12 heteroatoms. The van der Waals surface area contributed by atoms with Crippen molar-refractivity contribution in [2.75, 3.05) is 13.7 Å². The molecule has 30 heavy (non-hydrogen) atoms. The molecule has 0 aliphatic carbocycles. The topological polar surface area (TPSA) is 130 Å². The van der Waals surface area contributed by atoms with E-state index in [1.54, 1.807) is 25.3 Å². The smallest absolute Gasteiger partial charge is 0.478 e. The summed E-state index contributed by atoms with van der Waals surface area (Å²) in [5.41, 5.74) is 4.47. The van der Waals surface area contributed by atoms with Gasteiger partial charge in [-0.15, -0.1) is 0 Å². The molecule has 2 heterocycles. The van der Waals surface area contributed by atoms with Gasteiger partial charge in [0.15, 0.2) is 0 Å². The quantitative estimate of drug-likeness (QED) is 0.569. The lowest BCUT2D eigenvalue weighted by Crippen LogP contribution is -2.21. The minimum absolute atomic E-state index is 0.223. The van der Waals surface area contributed by atoms with Gasteiger partial charge in [0.2, 0.25) is 0 Å². The first kappa shape index (κ1) is 22.9. The van der Waals surface area contributed by atoms with E-state index in [0.717, 1.165) is 28.3 Å². The van der Waals surface area contributed by atoms with E-state index in [4.69, 9.17) is 19.7 Å². The van der Waals surface area contributed by atoms with E-state index in [1.807, 2.05) is 18.4 Å². The lowest BCUT2D eigenvalue weighted by Gasteiger charge is -2.09. The van der Waals surface area contributed by atoms with E-state index < -0.39 is 18.1 Å². The fraction of sp³-hybridized carbons (Fsp3) is 0.333. The second-order valence-corrected chi connectivity index (χ2v) is 6.20. The van der Waals surface area contributed by atoms with Gasteiger partial charge in [-0.1, -0.05) is 0 Å². The molecule has 3 aromatic rings. The molecule has 9 nitrogen and oxygen atoms in total. The number of ether oxygens (including phenoxy) is 1. The number of alkyl halides is 3. The molecule has 3 N–H and O–H groups in total. The van der Waals surface area contributed by atoms with Crippen LogP contribution < -0.4 is 0 Å². The van der Waals surface area contributed by atoms with Crippen molar-refractivity contribution in [3.05, 3.63) is 35.2 Å². The third-order valence-electron chi connectivity index (χ3n) is 4.11. The Hall–Kier alpha value is -3.41. The largest absolute Gasteiger partial charge is 0.490 e. The fourth-order valence-corrected chi connectivity index (χ4v) is 2.74. The molecule has 0 radical (unpaired) electrons. The first-order valence-electron chi connectivity index (χ1n) is 8.52. The normalized spacial score (nSPS) is 11.3. The Labute approximate surface area is 168 Å². The van der Waals surface area contributed by atoms with Crippen LogP contribution in [-0.4, -0.2) is 61.8 Å². The monoisotopic (exact) mass is 428 g/mol. The Morgan fingerprint density at radius 3 is 2.33 bits per heavy atom. The van der Waals surface area contributed by atoms with Gasteiger partial charge in [0, 0.05) is 19.3 Å². The number of H-pyrrole nitrogens is 1. The molecule has 0 atom stereocenters. The summed E-state index contributed by atoms with van der Waals surface area (Å²) in [7, 11) is 1.65. The van der Waals surface area contributed by atoms with Crippen molar-refractivity contribution < 1.29 is 37.7 Å². The summed E-state index contributed by atoms with van der Waals surface area (Å²) in [5.74, 6) is -2.95. The highest BCUT2D eigenvalue weighted by molar-refractivity contribution is 5.93. The van der Waals surface area contributed by atoms with Crippen LogP contribution in [0.2, 0.25) is 0 Å². The van der Waals surface area contributed by atoms with Crippen LogP contribution in [-0.2, 0) is 16.1 Å². The van der Waals surface area contributed by atoms with Crippen molar-refractivity contribution in [1.82, 2.24) is 19.7 Å². The minimum Gasteiger partial charge on any atom is -0.478 e. The Morgan fingerprint density at radius 2 is 1.87 bits per heavy atom. The summed E-state index contributed by atoms with van der Waals surface area (Å²) in [5, 5.41) is 23.5. The van der Waals surface area contributed by atoms with E-state index in [9.17, 15) is 18.0 Å². The standard InChI is InChI=1S/C16H18N4O3.C2HF3O2/c1-9-14(10(2)19-18-9)15-17-12-8-11(16(21)22)4-5-13(12)20(15)6-7-23-3;3-2(4,5)1(6)7/h4-5,8H,6-7H2,1-3H3,(H,18,19)(H,21,22);(H,6,7). The number of nitrogens with zero attached hydrogens (tertiary/aromatic N) is 3. The van der Waals surface area contributed by atoms with E-state index >= 15 is 0 Å². The van der Waals surface area contributed by atoms with Crippen molar-refractivity contribution >= 4 is 23.0 Å². The summed E-state index contributed by atoms with van der Waals surface area (Å²) < 4.78 is 39.0. The molecule has 0 saturated carbocycles. The molecule has 0 aliphatic rings. The SMILES string of the molecule is COCCn1c(-c2c(C)n[nH]c2C)nc2cc(C(=O)O)ccc21.O=C(O)C(F)(F)F. The van der Waals surface area contributed by atoms with Crippen LogP contribution in [0.25, 0.3) is 22.4 Å². The molecular weight excluding hydrogens is 409 g/mol. The number of nitrogens with one attached hydrogen (secondary N) is 1. The number of aromatic nitrogens is 4. The van der Waals surface area contributed by atoms with E-state index in [-0.39, 0.29) is 5.56 Å². The third-order valence-corrected chi connectivity index (χ3v) is 4.11. The average Bonchev–Trinajstić information content (AvgIpc) is 3.17.